The first-order valence-electron chi connectivity index (χ1n) is 5.91. The topological polar surface area (TPSA) is 26.0 Å². The number of aromatic nitrogens is 1. The molecular weight excluding hydrogens is 230 g/mol. The second-order valence-electron chi connectivity index (χ2n) is 4.27. The first kappa shape index (κ1) is 12.2. The summed E-state index contributed by atoms with van der Waals surface area (Å²) in [4.78, 5) is 0. The number of thiol groups is 1. The Bertz CT molecular complexity index is 475. The first-order chi connectivity index (χ1) is 8.24. The van der Waals surface area contributed by atoms with E-state index in [1.54, 1.807) is 0 Å². The van der Waals surface area contributed by atoms with Gasteiger partial charge in [-0.2, -0.15) is 12.6 Å². The van der Waals surface area contributed by atoms with Gasteiger partial charge in [-0.1, -0.05) is 43.3 Å². The predicted octanol–water partition coefficient (Wildman–Crippen LogP) is 4.28. The minimum absolute atomic E-state index is 0.603. The van der Waals surface area contributed by atoms with Crippen molar-refractivity contribution in [2.45, 2.75) is 31.9 Å². The Hall–Kier alpha value is -1.22. The lowest BCUT2D eigenvalue weighted by Crippen LogP contribution is -1.90. The lowest BCUT2D eigenvalue weighted by molar-refractivity contribution is 0.426. The van der Waals surface area contributed by atoms with Crippen LogP contribution in [0.15, 0.2) is 34.9 Å². The summed E-state index contributed by atoms with van der Waals surface area (Å²) < 4.78 is 5.27. The minimum Gasteiger partial charge on any atom is -0.356 e. The number of hydrogen-bond donors (Lipinski definition) is 1. The van der Waals surface area contributed by atoms with E-state index >= 15 is 0 Å². The summed E-state index contributed by atoms with van der Waals surface area (Å²) >= 11 is 4.17. The van der Waals surface area contributed by atoms with Crippen LogP contribution < -0.4 is 0 Å². The van der Waals surface area contributed by atoms with E-state index in [1.807, 2.05) is 6.07 Å². The molecule has 1 heterocycles. The molecule has 0 aliphatic carbocycles. The molecule has 1 unspecified atom stereocenters. The SMILES string of the molecule is CCC(C)c1ccc(-c2cc(CS)no2)cc1. The van der Waals surface area contributed by atoms with E-state index in [0.29, 0.717) is 11.7 Å². The van der Waals surface area contributed by atoms with E-state index in [4.69, 9.17) is 4.52 Å². The quantitative estimate of drug-likeness (QED) is 0.816. The van der Waals surface area contributed by atoms with Crippen LogP contribution in [0.2, 0.25) is 0 Å². The predicted molar refractivity (Wildman–Crippen MR) is 73.3 cm³/mol. The molecule has 0 aliphatic rings. The van der Waals surface area contributed by atoms with Gasteiger partial charge in [0.1, 0.15) is 0 Å². The van der Waals surface area contributed by atoms with Crippen molar-refractivity contribution < 1.29 is 4.52 Å². The van der Waals surface area contributed by atoms with Gasteiger partial charge in [-0.3, -0.25) is 0 Å². The average molecular weight is 247 g/mol. The fourth-order valence-corrected chi connectivity index (χ4v) is 1.88. The van der Waals surface area contributed by atoms with Gasteiger partial charge in [-0.15, -0.1) is 0 Å². The van der Waals surface area contributed by atoms with Gasteiger partial charge >= 0.3 is 0 Å². The minimum atomic E-state index is 0.603. The molecule has 0 amide bonds. The maximum Gasteiger partial charge on any atom is 0.167 e. The molecule has 2 nitrogen and oxygen atoms in total. The zero-order valence-corrected chi connectivity index (χ0v) is 11.1. The standard InChI is InChI=1S/C14H17NOS/c1-3-10(2)11-4-6-12(7-5-11)14-8-13(9-17)15-16-14/h4-8,10,17H,3,9H2,1-2H3. The molecule has 1 atom stereocenters. The lowest BCUT2D eigenvalue weighted by Gasteiger charge is -2.08. The Morgan fingerprint density at radius 3 is 2.53 bits per heavy atom. The van der Waals surface area contributed by atoms with Gasteiger partial charge in [0.2, 0.25) is 0 Å². The van der Waals surface area contributed by atoms with Crippen LogP contribution in [0.5, 0.6) is 0 Å². The zero-order valence-electron chi connectivity index (χ0n) is 10.2. The summed E-state index contributed by atoms with van der Waals surface area (Å²) in [6, 6.07) is 10.4. The van der Waals surface area contributed by atoms with Crippen molar-refractivity contribution in [3.63, 3.8) is 0 Å². The van der Waals surface area contributed by atoms with E-state index in [9.17, 15) is 0 Å². The molecule has 3 heteroatoms. The largest absolute Gasteiger partial charge is 0.356 e. The van der Waals surface area contributed by atoms with Gasteiger partial charge in [0, 0.05) is 17.4 Å². The fourth-order valence-electron chi connectivity index (χ4n) is 1.73. The van der Waals surface area contributed by atoms with Crippen LogP contribution >= 0.6 is 12.6 Å². The second-order valence-corrected chi connectivity index (χ2v) is 4.59. The van der Waals surface area contributed by atoms with Crippen molar-refractivity contribution >= 4 is 12.6 Å². The average Bonchev–Trinajstić information content (AvgIpc) is 2.87. The van der Waals surface area contributed by atoms with Crippen molar-refractivity contribution in [3.05, 3.63) is 41.6 Å². The molecule has 0 saturated heterocycles. The molecule has 0 saturated carbocycles. The normalized spacial score (nSPS) is 12.6. The van der Waals surface area contributed by atoms with Crippen LogP contribution in [-0.2, 0) is 5.75 Å². The van der Waals surface area contributed by atoms with Gasteiger partial charge in [-0.05, 0) is 17.9 Å². The Balaban J connectivity index is 2.22. The van der Waals surface area contributed by atoms with E-state index in [-0.39, 0.29) is 0 Å². The van der Waals surface area contributed by atoms with E-state index < -0.39 is 0 Å². The van der Waals surface area contributed by atoms with Gasteiger partial charge in [0.05, 0.1) is 5.69 Å². The molecule has 0 N–H and O–H groups in total. The summed E-state index contributed by atoms with van der Waals surface area (Å²) in [6.45, 7) is 4.44. The molecule has 2 rings (SSSR count). The molecule has 0 fully saturated rings. The van der Waals surface area contributed by atoms with Gasteiger partial charge < -0.3 is 4.52 Å². The summed E-state index contributed by atoms with van der Waals surface area (Å²) in [6.07, 6.45) is 1.16. The number of benzene rings is 1. The number of nitrogens with zero attached hydrogens (tertiary/aromatic N) is 1. The third-order valence-corrected chi connectivity index (χ3v) is 3.42. The molecule has 0 aliphatic heterocycles. The van der Waals surface area contributed by atoms with Crippen LogP contribution in [0.3, 0.4) is 0 Å². The molecule has 17 heavy (non-hydrogen) atoms. The Morgan fingerprint density at radius 2 is 2.00 bits per heavy atom. The van der Waals surface area contributed by atoms with Crippen molar-refractivity contribution in [2.24, 2.45) is 0 Å². The fraction of sp³-hybridized carbons (Fsp3) is 0.357. The van der Waals surface area contributed by atoms with Crippen molar-refractivity contribution in [2.75, 3.05) is 0 Å². The molecule has 2 aromatic rings. The smallest absolute Gasteiger partial charge is 0.167 e. The first-order valence-corrected chi connectivity index (χ1v) is 6.54. The van der Waals surface area contributed by atoms with E-state index in [0.717, 1.165) is 23.4 Å². The molecule has 1 aromatic heterocycles. The highest BCUT2D eigenvalue weighted by Gasteiger charge is 2.07. The third kappa shape index (κ3) is 2.72. The van der Waals surface area contributed by atoms with E-state index in [2.05, 4.69) is 55.9 Å². The highest BCUT2D eigenvalue weighted by atomic mass is 32.1. The summed E-state index contributed by atoms with van der Waals surface area (Å²) in [7, 11) is 0. The van der Waals surface area contributed by atoms with Crippen LogP contribution in [0, 0.1) is 0 Å². The van der Waals surface area contributed by atoms with Crippen LogP contribution in [-0.4, -0.2) is 5.16 Å². The molecular formula is C14H17NOS. The van der Waals surface area contributed by atoms with Gasteiger partial charge in [-0.25, -0.2) is 0 Å². The zero-order chi connectivity index (χ0) is 12.3. The second kappa shape index (κ2) is 5.41. The molecule has 0 bridgehead atoms. The van der Waals surface area contributed by atoms with Crippen molar-refractivity contribution in [1.29, 1.82) is 0 Å². The van der Waals surface area contributed by atoms with Crippen molar-refractivity contribution in [1.82, 2.24) is 5.16 Å². The van der Waals surface area contributed by atoms with Crippen molar-refractivity contribution in [3.8, 4) is 11.3 Å². The summed E-state index contributed by atoms with van der Waals surface area (Å²) in [5, 5.41) is 3.93. The molecule has 0 spiro atoms. The Kier molecular flexibility index (Phi) is 3.89. The summed E-state index contributed by atoms with van der Waals surface area (Å²) in [5.41, 5.74) is 3.30. The number of hydrogen-bond acceptors (Lipinski definition) is 3. The lowest BCUT2D eigenvalue weighted by atomic mass is 9.97. The van der Waals surface area contributed by atoms with Gasteiger partial charge in [0.25, 0.3) is 0 Å². The van der Waals surface area contributed by atoms with Crippen LogP contribution in [0.4, 0.5) is 0 Å². The highest BCUT2D eigenvalue weighted by molar-refractivity contribution is 7.79. The third-order valence-electron chi connectivity index (χ3n) is 3.10. The Morgan fingerprint density at radius 1 is 1.29 bits per heavy atom. The van der Waals surface area contributed by atoms with Crippen LogP contribution in [0.25, 0.3) is 11.3 Å². The summed E-state index contributed by atoms with van der Waals surface area (Å²) in [5.74, 6) is 2.02. The monoisotopic (exact) mass is 247 g/mol. The maximum atomic E-state index is 5.27. The molecule has 90 valence electrons. The molecule has 1 aromatic carbocycles. The number of rotatable bonds is 4. The van der Waals surface area contributed by atoms with E-state index in [1.165, 1.54) is 5.56 Å². The highest BCUT2D eigenvalue weighted by Crippen LogP contribution is 2.24. The maximum absolute atomic E-state index is 5.27. The van der Waals surface area contributed by atoms with Crippen LogP contribution in [0.1, 0.15) is 37.4 Å². The molecule has 0 radical (unpaired) electrons. The Labute approximate surface area is 107 Å². The van der Waals surface area contributed by atoms with Gasteiger partial charge in [0.15, 0.2) is 5.76 Å².